The molecule has 1 amide bonds. The number of esters is 1. The van der Waals surface area contributed by atoms with Gasteiger partial charge in [0.1, 0.15) is 11.6 Å². The molecule has 0 aromatic carbocycles. The SMILES string of the molecule is CC(C)(C)OC(=O)N1CC[C@@H]1C(=O)OCCl. The minimum Gasteiger partial charge on any atom is -0.448 e. The Kier molecular flexibility index (Phi) is 4.02. The van der Waals surface area contributed by atoms with Crippen molar-refractivity contribution in [2.24, 2.45) is 0 Å². The van der Waals surface area contributed by atoms with Crippen LogP contribution in [0.2, 0.25) is 0 Å². The fourth-order valence-electron chi connectivity index (χ4n) is 1.32. The number of rotatable bonds is 2. The summed E-state index contributed by atoms with van der Waals surface area (Å²) in [4.78, 5) is 24.3. The van der Waals surface area contributed by atoms with Gasteiger partial charge in [0.2, 0.25) is 0 Å². The number of amides is 1. The van der Waals surface area contributed by atoms with Gasteiger partial charge in [-0.3, -0.25) is 4.90 Å². The molecule has 6 heteroatoms. The first-order valence-electron chi connectivity index (χ1n) is 5.07. The maximum atomic E-state index is 11.6. The van der Waals surface area contributed by atoms with Crippen molar-refractivity contribution in [1.82, 2.24) is 4.90 Å². The van der Waals surface area contributed by atoms with Crippen molar-refractivity contribution >= 4 is 23.7 Å². The molecule has 1 saturated heterocycles. The smallest absolute Gasteiger partial charge is 0.411 e. The zero-order valence-electron chi connectivity index (χ0n) is 9.66. The molecule has 1 heterocycles. The second kappa shape index (κ2) is 4.91. The van der Waals surface area contributed by atoms with E-state index < -0.39 is 23.7 Å². The quantitative estimate of drug-likeness (QED) is 0.553. The minimum atomic E-state index is -0.562. The molecule has 1 rings (SSSR count). The van der Waals surface area contributed by atoms with E-state index >= 15 is 0 Å². The van der Waals surface area contributed by atoms with E-state index in [1.54, 1.807) is 20.8 Å². The van der Waals surface area contributed by atoms with E-state index in [2.05, 4.69) is 4.74 Å². The first kappa shape index (κ1) is 13.1. The summed E-state index contributed by atoms with van der Waals surface area (Å²) in [5, 5.41) is 0. The van der Waals surface area contributed by atoms with Crippen LogP contribution in [0, 0.1) is 0 Å². The summed E-state index contributed by atoms with van der Waals surface area (Å²) >= 11 is 5.28. The van der Waals surface area contributed by atoms with Gasteiger partial charge in [-0.25, -0.2) is 9.59 Å². The normalized spacial score (nSPS) is 20.0. The Morgan fingerprint density at radius 3 is 2.44 bits per heavy atom. The number of halogens is 1. The van der Waals surface area contributed by atoms with Crippen LogP contribution in [-0.4, -0.2) is 41.2 Å². The summed E-state index contributed by atoms with van der Waals surface area (Å²) in [5.41, 5.74) is -0.562. The van der Waals surface area contributed by atoms with Gasteiger partial charge in [0.15, 0.2) is 6.07 Å². The number of nitrogens with zero attached hydrogens (tertiary/aromatic N) is 1. The molecule has 0 saturated carbocycles. The van der Waals surface area contributed by atoms with Crippen LogP contribution >= 0.6 is 11.6 Å². The molecule has 1 aliphatic rings. The summed E-state index contributed by atoms with van der Waals surface area (Å²) in [6, 6.07) is -0.745. The standard InChI is InChI=1S/C10H16ClNO4/c1-10(2,3)16-9(14)12-5-4-7(12)8(13)15-6-11/h7H,4-6H2,1-3H3/t7-/m1/s1. The zero-order chi connectivity index (χ0) is 12.3. The molecule has 5 nitrogen and oxygen atoms in total. The second-order valence-corrected chi connectivity index (χ2v) is 4.77. The fraction of sp³-hybridized carbons (Fsp3) is 0.800. The molecule has 16 heavy (non-hydrogen) atoms. The van der Waals surface area contributed by atoms with Crippen molar-refractivity contribution in [2.45, 2.75) is 38.8 Å². The van der Waals surface area contributed by atoms with Gasteiger partial charge in [-0.15, -0.1) is 0 Å². The molecule has 0 unspecified atom stereocenters. The van der Waals surface area contributed by atoms with Crippen molar-refractivity contribution in [3.8, 4) is 0 Å². The summed E-state index contributed by atoms with van der Waals surface area (Å²) in [6.07, 6.45) is 0.102. The van der Waals surface area contributed by atoms with Crippen molar-refractivity contribution in [3.05, 3.63) is 0 Å². The average molecular weight is 250 g/mol. The Morgan fingerprint density at radius 1 is 1.44 bits per heavy atom. The molecule has 0 bridgehead atoms. The zero-order valence-corrected chi connectivity index (χ0v) is 10.4. The van der Waals surface area contributed by atoms with E-state index in [0.717, 1.165) is 0 Å². The molecule has 1 aliphatic heterocycles. The van der Waals surface area contributed by atoms with Gasteiger partial charge in [-0.05, 0) is 27.2 Å². The maximum absolute atomic E-state index is 11.6. The van der Waals surface area contributed by atoms with Gasteiger partial charge in [0.05, 0.1) is 0 Å². The Labute approximate surface area is 99.6 Å². The van der Waals surface area contributed by atoms with Crippen LogP contribution in [0.5, 0.6) is 0 Å². The van der Waals surface area contributed by atoms with Gasteiger partial charge < -0.3 is 9.47 Å². The molecule has 1 atom stereocenters. The molecule has 0 spiro atoms. The first-order chi connectivity index (χ1) is 7.35. The minimum absolute atomic E-state index is 0.197. The summed E-state index contributed by atoms with van der Waals surface area (Å²) < 4.78 is 9.78. The summed E-state index contributed by atoms with van der Waals surface area (Å²) in [6.45, 7) is 5.83. The third-order valence-electron chi connectivity index (χ3n) is 2.12. The van der Waals surface area contributed by atoms with Gasteiger partial charge in [0, 0.05) is 6.54 Å². The number of alkyl halides is 1. The highest BCUT2D eigenvalue weighted by Crippen LogP contribution is 2.22. The lowest BCUT2D eigenvalue weighted by Gasteiger charge is -2.39. The highest BCUT2D eigenvalue weighted by atomic mass is 35.5. The molecule has 0 aliphatic carbocycles. The number of hydrogen-bond donors (Lipinski definition) is 0. The molecule has 0 aromatic heterocycles. The Hall–Kier alpha value is -0.970. The summed E-state index contributed by atoms with van der Waals surface area (Å²) in [5.74, 6) is -0.480. The number of carbonyl (C=O) groups excluding carboxylic acids is 2. The van der Waals surface area contributed by atoms with E-state index in [0.29, 0.717) is 13.0 Å². The van der Waals surface area contributed by atoms with E-state index in [-0.39, 0.29) is 6.07 Å². The third kappa shape index (κ3) is 3.27. The lowest BCUT2D eigenvalue weighted by atomic mass is 10.0. The average Bonchev–Trinajstić information content (AvgIpc) is 1.97. The molecular formula is C10H16ClNO4. The fourth-order valence-corrected chi connectivity index (χ4v) is 1.43. The number of hydrogen-bond acceptors (Lipinski definition) is 4. The van der Waals surface area contributed by atoms with Crippen molar-refractivity contribution < 1.29 is 19.1 Å². The van der Waals surface area contributed by atoms with Crippen LogP contribution in [-0.2, 0) is 14.3 Å². The molecule has 92 valence electrons. The molecule has 1 fully saturated rings. The Bertz CT molecular complexity index is 287. The molecular weight excluding hydrogens is 234 g/mol. The topological polar surface area (TPSA) is 55.8 Å². The number of likely N-dealkylation sites (tertiary alicyclic amines) is 1. The summed E-state index contributed by atoms with van der Waals surface area (Å²) in [7, 11) is 0. The molecule has 0 radical (unpaired) electrons. The number of ether oxygens (including phenoxy) is 2. The van der Waals surface area contributed by atoms with Crippen LogP contribution in [0.25, 0.3) is 0 Å². The largest absolute Gasteiger partial charge is 0.448 e. The Morgan fingerprint density at radius 2 is 2.06 bits per heavy atom. The van der Waals surface area contributed by atoms with Gasteiger partial charge in [0.25, 0.3) is 0 Å². The van der Waals surface area contributed by atoms with E-state index in [1.807, 2.05) is 0 Å². The van der Waals surface area contributed by atoms with Crippen LogP contribution in [0.1, 0.15) is 27.2 Å². The van der Waals surface area contributed by atoms with E-state index in [1.165, 1.54) is 4.90 Å². The van der Waals surface area contributed by atoms with E-state index in [4.69, 9.17) is 16.3 Å². The van der Waals surface area contributed by atoms with Gasteiger partial charge in [-0.2, -0.15) is 0 Å². The molecule has 0 N–H and O–H groups in total. The van der Waals surface area contributed by atoms with Crippen LogP contribution in [0.3, 0.4) is 0 Å². The van der Waals surface area contributed by atoms with Gasteiger partial charge in [-0.1, -0.05) is 11.6 Å². The highest BCUT2D eigenvalue weighted by Gasteiger charge is 2.40. The monoisotopic (exact) mass is 249 g/mol. The predicted octanol–water partition coefficient (Wildman–Crippen LogP) is 1.74. The van der Waals surface area contributed by atoms with Crippen LogP contribution in [0.15, 0.2) is 0 Å². The van der Waals surface area contributed by atoms with Gasteiger partial charge >= 0.3 is 12.1 Å². The maximum Gasteiger partial charge on any atom is 0.411 e. The second-order valence-electron chi connectivity index (χ2n) is 4.55. The van der Waals surface area contributed by atoms with Crippen molar-refractivity contribution in [2.75, 3.05) is 12.6 Å². The van der Waals surface area contributed by atoms with Crippen molar-refractivity contribution in [1.29, 1.82) is 0 Å². The van der Waals surface area contributed by atoms with Crippen LogP contribution < -0.4 is 0 Å². The molecule has 0 aromatic rings. The lowest BCUT2D eigenvalue weighted by Crippen LogP contribution is -2.56. The van der Waals surface area contributed by atoms with E-state index in [9.17, 15) is 9.59 Å². The lowest BCUT2D eigenvalue weighted by molar-refractivity contribution is -0.152. The highest BCUT2D eigenvalue weighted by molar-refractivity contribution is 6.17. The number of carbonyl (C=O) groups is 2. The van der Waals surface area contributed by atoms with Crippen molar-refractivity contribution in [3.63, 3.8) is 0 Å². The van der Waals surface area contributed by atoms with Crippen LogP contribution in [0.4, 0.5) is 4.79 Å². The first-order valence-corrected chi connectivity index (χ1v) is 5.61. The Balaban J connectivity index is 2.49. The third-order valence-corrected chi connectivity index (χ3v) is 2.23. The predicted molar refractivity (Wildman–Crippen MR) is 58.2 cm³/mol.